The first-order valence-electron chi connectivity index (χ1n) is 5.32. The van der Waals surface area contributed by atoms with Crippen molar-refractivity contribution in [2.75, 3.05) is 38.7 Å². The third kappa shape index (κ3) is 2.30. The summed E-state index contributed by atoms with van der Waals surface area (Å²) < 4.78 is 5.20. The van der Waals surface area contributed by atoms with Gasteiger partial charge >= 0.3 is 0 Å². The fourth-order valence-electron chi connectivity index (χ4n) is 1.60. The number of hydrogen-bond acceptors (Lipinski definition) is 4. The number of carbonyl (C=O) groups excluding carboxylic acids is 1. The smallest absolute Gasteiger partial charge is 0.272 e. The molecule has 1 N–H and O–H groups in total. The van der Waals surface area contributed by atoms with Gasteiger partial charge in [-0.05, 0) is 12.1 Å². The fraction of sp³-hybridized carbons (Fsp3) is 0.455. The highest BCUT2D eigenvalue weighted by atomic mass is 16.5. The average Bonchev–Trinajstić information content (AvgIpc) is 2.39. The Morgan fingerprint density at radius 2 is 2.19 bits per heavy atom. The van der Waals surface area contributed by atoms with Gasteiger partial charge in [0, 0.05) is 20.1 Å². The fourth-order valence-corrected chi connectivity index (χ4v) is 1.60. The molecule has 0 aromatic carbocycles. The van der Waals surface area contributed by atoms with Gasteiger partial charge in [-0.2, -0.15) is 0 Å². The Morgan fingerprint density at radius 1 is 1.44 bits per heavy atom. The SMILES string of the molecule is CNc1ccc(C(=O)N2CCOCC2)nc1. The molecule has 0 radical (unpaired) electrons. The van der Waals surface area contributed by atoms with Crippen molar-refractivity contribution in [2.24, 2.45) is 0 Å². The number of anilines is 1. The van der Waals surface area contributed by atoms with Gasteiger partial charge in [-0.1, -0.05) is 0 Å². The van der Waals surface area contributed by atoms with E-state index in [4.69, 9.17) is 4.74 Å². The van der Waals surface area contributed by atoms with Crippen LogP contribution < -0.4 is 5.32 Å². The normalized spacial score (nSPS) is 15.9. The van der Waals surface area contributed by atoms with E-state index in [1.807, 2.05) is 13.1 Å². The number of rotatable bonds is 2. The lowest BCUT2D eigenvalue weighted by atomic mass is 10.3. The lowest BCUT2D eigenvalue weighted by molar-refractivity contribution is 0.0299. The van der Waals surface area contributed by atoms with Gasteiger partial charge in [-0.25, -0.2) is 4.98 Å². The molecule has 2 rings (SSSR count). The summed E-state index contributed by atoms with van der Waals surface area (Å²) in [5.41, 5.74) is 1.39. The minimum atomic E-state index is -0.0223. The predicted octanol–water partition coefficient (Wildman–Crippen LogP) is 0.596. The number of nitrogens with zero attached hydrogens (tertiary/aromatic N) is 2. The molecular weight excluding hydrogens is 206 g/mol. The summed E-state index contributed by atoms with van der Waals surface area (Å²) >= 11 is 0. The molecule has 1 saturated heterocycles. The Labute approximate surface area is 94.4 Å². The molecule has 1 aromatic rings. The number of aromatic nitrogens is 1. The van der Waals surface area contributed by atoms with E-state index in [0.717, 1.165) is 5.69 Å². The molecular formula is C11H15N3O2. The number of nitrogens with one attached hydrogen (secondary N) is 1. The summed E-state index contributed by atoms with van der Waals surface area (Å²) in [5.74, 6) is -0.0223. The van der Waals surface area contributed by atoms with E-state index in [2.05, 4.69) is 10.3 Å². The maximum Gasteiger partial charge on any atom is 0.272 e. The van der Waals surface area contributed by atoms with Gasteiger partial charge in [-0.15, -0.1) is 0 Å². The Morgan fingerprint density at radius 3 is 2.75 bits per heavy atom. The minimum Gasteiger partial charge on any atom is -0.387 e. The van der Waals surface area contributed by atoms with E-state index in [1.165, 1.54) is 0 Å². The van der Waals surface area contributed by atoms with E-state index in [0.29, 0.717) is 32.0 Å². The largest absolute Gasteiger partial charge is 0.387 e. The monoisotopic (exact) mass is 221 g/mol. The minimum absolute atomic E-state index is 0.0223. The number of morpholine rings is 1. The molecule has 0 atom stereocenters. The summed E-state index contributed by atoms with van der Waals surface area (Å²) in [6.45, 7) is 2.52. The Hall–Kier alpha value is -1.62. The van der Waals surface area contributed by atoms with Crippen LogP contribution in [-0.2, 0) is 4.74 Å². The van der Waals surface area contributed by atoms with Gasteiger partial charge in [-0.3, -0.25) is 4.79 Å². The molecule has 1 aromatic heterocycles. The van der Waals surface area contributed by atoms with Crippen LogP contribution in [0.1, 0.15) is 10.5 Å². The molecule has 2 heterocycles. The summed E-state index contributed by atoms with van der Waals surface area (Å²) in [5, 5.41) is 2.97. The first-order chi connectivity index (χ1) is 7.81. The molecule has 0 aliphatic carbocycles. The highest BCUT2D eigenvalue weighted by Gasteiger charge is 2.19. The third-order valence-electron chi connectivity index (χ3n) is 2.57. The number of amides is 1. The Kier molecular flexibility index (Phi) is 3.36. The lowest BCUT2D eigenvalue weighted by Crippen LogP contribution is -2.41. The third-order valence-corrected chi connectivity index (χ3v) is 2.57. The number of ether oxygens (including phenoxy) is 1. The predicted molar refractivity (Wildman–Crippen MR) is 60.5 cm³/mol. The average molecular weight is 221 g/mol. The van der Waals surface area contributed by atoms with Crippen molar-refractivity contribution in [3.63, 3.8) is 0 Å². The van der Waals surface area contributed by atoms with E-state index >= 15 is 0 Å². The van der Waals surface area contributed by atoms with Gasteiger partial charge in [0.1, 0.15) is 5.69 Å². The molecule has 86 valence electrons. The van der Waals surface area contributed by atoms with Crippen molar-refractivity contribution in [2.45, 2.75) is 0 Å². The van der Waals surface area contributed by atoms with Crippen LogP contribution >= 0.6 is 0 Å². The maximum absolute atomic E-state index is 12.0. The molecule has 0 spiro atoms. The van der Waals surface area contributed by atoms with E-state index in [9.17, 15) is 4.79 Å². The van der Waals surface area contributed by atoms with Gasteiger partial charge in [0.2, 0.25) is 0 Å². The van der Waals surface area contributed by atoms with Crippen LogP contribution in [0.3, 0.4) is 0 Å². The zero-order chi connectivity index (χ0) is 11.4. The zero-order valence-electron chi connectivity index (χ0n) is 9.27. The van der Waals surface area contributed by atoms with E-state index in [1.54, 1.807) is 17.2 Å². The van der Waals surface area contributed by atoms with Crippen LogP contribution in [0.2, 0.25) is 0 Å². The standard InChI is InChI=1S/C11H15N3O2/c1-12-9-2-3-10(13-8-9)11(15)14-4-6-16-7-5-14/h2-3,8,12H,4-7H2,1H3. The number of pyridine rings is 1. The molecule has 16 heavy (non-hydrogen) atoms. The van der Waals surface area contributed by atoms with Crippen molar-refractivity contribution in [3.8, 4) is 0 Å². The van der Waals surface area contributed by atoms with Crippen LogP contribution in [0.25, 0.3) is 0 Å². The lowest BCUT2D eigenvalue weighted by Gasteiger charge is -2.26. The molecule has 0 bridgehead atoms. The Balaban J connectivity index is 2.07. The van der Waals surface area contributed by atoms with Crippen LogP contribution in [0.4, 0.5) is 5.69 Å². The highest BCUT2D eigenvalue weighted by Crippen LogP contribution is 2.08. The van der Waals surface area contributed by atoms with Gasteiger partial charge < -0.3 is 15.0 Å². The molecule has 1 aliphatic rings. The molecule has 1 fully saturated rings. The summed E-state index contributed by atoms with van der Waals surface area (Å²) in [4.78, 5) is 17.9. The van der Waals surface area contributed by atoms with Crippen LogP contribution in [-0.4, -0.2) is 49.1 Å². The van der Waals surface area contributed by atoms with Crippen molar-refractivity contribution >= 4 is 11.6 Å². The Bertz CT molecular complexity index is 358. The van der Waals surface area contributed by atoms with Crippen molar-refractivity contribution in [1.82, 2.24) is 9.88 Å². The summed E-state index contributed by atoms with van der Waals surface area (Å²) in [7, 11) is 1.82. The van der Waals surface area contributed by atoms with E-state index in [-0.39, 0.29) is 5.91 Å². The van der Waals surface area contributed by atoms with Crippen molar-refractivity contribution in [1.29, 1.82) is 0 Å². The first kappa shape index (κ1) is 10.9. The van der Waals surface area contributed by atoms with Gasteiger partial charge in [0.05, 0.1) is 25.1 Å². The second-order valence-corrected chi connectivity index (χ2v) is 3.59. The van der Waals surface area contributed by atoms with Crippen LogP contribution in [0, 0.1) is 0 Å². The summed E-state index contributed by atoms with van der Waals surface area (Å²) in [6.07, 6.45) is 1.66. The second kappa shape index (κ2) is 4.94. The summed E-state index contributed by atoms with van der Waals surface area (Å²) in [6, 6.07) is 3.59. The zero-order valence-corrected chi connectivity index (χ0v) is 9.27. The maximum atomic E-state index is 12.0. The quantitative estimate of drug-likeness (QED) is 0.794. The van der Waals surface area contributed by atoms with Crippen molar-refractivity contribution in [3.05, 3.63) is 24.0 Å². The topological polar surface area (TPSA) is 54.5 Å². The molecule has 1 amide bonds. The number of hydrogen-bond donors (Lipinski definition) is 1. The van der Waals surface area contributed by atoms with Crippen LogP contribution in [0.5, 0.6) is 0 Å². The highest BCUT2D eigenvalue weighted by molar-refractivity contribution is 5.92. The molecule has 1 aliphatic heterocycles. The number of carbonyl (C=O) groups is 1. The van der Waals surface area contributed by atoms with Gasteiger partial charge in [0.25, 0.3) is 5.91 Å². The second-order valence-electron chi connectivity index (χ2n) is 3.59. The molecule has 0 saturated carbocycles. The van der Waals surface area contributed by atoms with Crippen molar-refractivity contribution < 1.29 is 9.53 Å². The molecule has 5 heteroatoms. The van der Waals surface area contributed by atoms with Crippen LogP contribution in [0.15, 0.2) is 18.3 Å². The first-order valence-corrected chi connectivity index (χ1v) is 5.32. The molecule has 5 nitrogen and oxygen atoms in total. The molecule has 0 unspecified atom stereocenters. The van der Waals surface area contributed by atoms with Gasteiger partial charge in [0.15, 0.2) is 0 Å². The van der Waals surface area contributed by atoms with E-state index < -0.39 is 0 Å².